The monoisotopic (exact) mass is 340 g/mol. The summed E-state index contributed by atoms with van der Waals surface area (Å²) in [4.78, 5) is 19.4. The van der Waals surface area contributed by atoms with Crippen molar-refractivity contribution in [1.82, 2.24) is 9.97 Å². The Labute approximate surface area is 149 Å². The van der Waals surface area contributed by atoms with Gasteiger partial charge in [-0.1, -0.05) is 42.5 Å². The molecule has 0 saturated carbocycles. The predicted octanol–water partition coefficient (Wildman–Crippen LogP) is 4.85. The van der Waals surface area contributed by atoms with E-state index in [1.807, 2.05) is 42.5 Å². The summed E-state index contributed by atoms with van der Waals surface area (Å²) < 4.78 is 5.08. The van der Waals surface area contributed by atoms with Crippen molar-refractivity contribution < 1.29 is 9.53 Å². The lowest BCUT2D eigenvalue weighted by Gasteiger charge is -2.09. The van der Waals surface area contributed by atoms with Gasteiger partial charge in [-0.25, -0.2) is 4.79 Å². The number of hydrogen-bond donors (Lipinski definition) is 2. The second-order valence-electron chi connectivity index (χ2n) is 6.34. The lowest BCUT2D eigenvalue weighted by atomic mass is 9.98. The molecule has 0 radical (unpaired) electrons. The Bertz CT molecular complexity index is 1240. The smallest absolute Gasteiger partial charge is 0.340 e. The van der Waals surface area contributed by atoms with Gasteiger partial charge in [0, 0.05) is 38.6 Å². The number of aromatic nitrogens is 2. The standard InChI is InChI=1S/C22H16N2O2/c1-26-22(25)17-12-16-14-7-3-4-8-18(14)23-20(16)11-10-15-13-6-2-5-9-19(13)24-21(15)17/h2-12,23-24H,1H3/b11-10-,15-10?,16-12?,17-12+,20-11?,21-17?. The molecule has 1 aliphatic rings. The Hall–Kier alpha value is -3.53. The van der Waals surface area contributed by atoms with Crippen LogP contribution >= 0.6 is 0 Å². The summed E-state index contributed by atoms with van der Waals surface area (Å²) in [6, 6.07) is 16.1. The Kier molecular flexibility index (Phi) is 3.12. The number of rotatable bonds is 1. The highest BCUT2D eigenvalue weighted by Gasteiger charge is 2.22. The summed E-state index contributed by atoms with van der Waals surface area (Å²) >= 11 is 0. The zero-order valence-electron chi connectivity index (χ0n) is 14.2. The lowest BCUT2D eigenvalue weighted by molar-refractivity contribution is -0.133. The Morgan fingerprint density at radius 3 is 2.23 bits per heavy atom. The van der Waals surface area contributed by atoms with Gasteiger partial charge >= 0.3 is 5.97 Å². The third-order valence-corrected chi connectivity index (χ3v) is 4.90. The minimum Gasteiger partial charge on any atom is -0.465 e. The highest BCUT2D eigenvalue weighted by atomic mass is 16.5. The maximum absolute atomic E-state index is 12.6. The summed E-state index contributed by atoms with van der Waals surface area (Å²) in [6.45, 7) is 0. The van der Waals surface area contributed by atoms with Gasteiger partial charge < -0.3 is 14.7 Å². The van der Waals surface area contributed by atoms with Gasteiger partial charge in [0.05, 0.1) is 18.4 Å². The lowest BCUT2D eigenvalue weighted by Crippen LogP contribution is -2.06. The summed E-state index contributed by atoms with van der Waals surface area (Å²) in [5.74, 6) is -0.357. The fourth-order valence-corrected chi connectivity index (χ4v) is 3.67. The third-order valence-electron chi connectivity index (χ3n) is 4.90. The normalized spacial score (nSPS) is 16.3. The van der Waals surface area contributed by atoms with Crippen molar-refractivity contribution in [2.45, 2.75) is 0 Å². The van der Waals surface area contributed by atoms with Crippen LogP contribution in [0.2, 0.25) is 0 Å². The van der Waals surface area contributed by atoms with Gasteiger partial charge in [0.1, 0.15) is 0 Å². The number of methoxy groups -OCH3 is 1. The number of H-pyrrole nitrogens is 2. The second-order valence-corrected chi connectivity index (χ2v) is 6.34. The molecule has 0 saturated heterocycles. The van der Waals surface area contributed by atoms with Gasteiger partial charge in [0.2, 0.25) is 0 Å². The molecule has 2 N–H and O–H groups in total. The molecule has 2 aromatic heterocycles. The van der Waals surface area contributed by atoms with Crippen molar-refractivity contribution in [2.75, 3.05) is 7.11 Å². The number of carbonyl (C=O) groups is 1. The molecule has 126 valence electrons. The van der Waals surface area contributed by atoms with E-state index in [9.17, 15) is 4.79 Å². The Balaban J connectivity index is 1.87. The number of hydrogen-bond acceptors (Lipinski definition) is 2. The summed E-state index contributed by atoms with van der Waals surface area (Å²) in [5, 5.41) is 2.15. The zero-order valence-corrected chi connectivity index (χ0v) is 14.2. The van der Waals surface area contributed by atoms with E-state index >= 15 is 0 Å². The van der Waals surface area contributed by atoms with Crippen LogP contribution in [0, 0.1) is 0 Å². The average molecular weight is 340 g/mol. The highest BCUT2D eigenvalue weighted by Crippen LogP contribution is 2.35. The number of fused-ring (bicyclic) bond motifs is 6. The minimum absolute atomic E-state index is 0.357. The van der Waals surface area contributed by atoms with E-state index in [1.165, 1.54) is 7.11 Å². The average Bonchev–Trinajstić information content (AvgIpc) is 3.19. The van der Waals surface area contributed by atoms with E-state index in [0.29, 0.717) is 5.57 Å². The number of esters is 1. The second kappa shape index (κ2) is 5.49. The molecule has 4 heteroatoms. The van der Waals surface area contributed by atoms with Crippen LogP contribution in [0.4, 0.5) is 0 Å². The van der Waals surface area contributed by atoms with Crippen molar-refractivity contribution in [2.24, 2.45) is 0 Å². The molecule has 2 heterocycles. The van der Waals surface area contributed by atoms with Crippen molar-refractivity contribution in [3.63, 3.8) is 0 Å². The maximum atomic E-state index is 12.6. The van der Waals surface area contributed by atoms with Crippen molar-refractivity contribution in [3.05, 3.63) is 71.0 Å². The van der Waals surface area contributed by atoms with Crippen LogP contribution < -0.4 is 0 Å². The molecule has 0 unspecified atom stereocenters. The first-order chi connectivity index (χ1) is 12.8. The topological polar surface area (TPSA) is 57.9 Å². The Morgan fingerprint density at radius 1 is 0.846 bits per heavy atom. The largest absolute Gasteiger partial charge is 0.465 e. The van der Waals surface area contributed by atoms with E-state index < -0.39 is 0 Å². The third kappa shape index (κ3) is 2.05. The fourth-order valence-electron chi connectivity index (χ4n) is 3.67. The van der Waals surface area contributed by atoms with Gasteiger partial charge in [-0.3, -0.25) is 0 Å². The van der Waals surface area contributed by atoms with Crippen LogP contribution in [0.15, 0.2) is 48.5 Å². The van der Waals surface area contributed by atoms with Crippen molar-refractivity contribution in [1.29, 1.82) is 0 Å². The molecule has 4 aromatic rings. The van der Waals surface area contributed by atoms with E-state index in [2.05, 4.69) is 34.3 Å². The number of para-hydroxylation sites is 2. The van der Waals surface area contributed by atoms with Crippen LogP contribution in [-0.2, 0) is 9.53 Å². The molecule has 0 spiro atoms. The van der Waals surface area contributed by atoms with Crippen LogP contribution in [-0.4, -0.2) is 23.0 Å². The first kappa shape index (κ1) is 14.8. The summed E-state index contributed by atoms with van der Waals surface area (Å²) in [6.07, 6.45) is 6.04. The number of benzene rings is 2. The van der Waals surface area contributed by atoms with Gasteiger partial charge in [-0.2, -0.15) is 0 Å². The quantitative estimate of drug-likeness (QED) is 0.487. The molecule has 2 aromatic carbocycles. The van der Waals surface area contributed by atoms with Gasteiger partial charge in [0.25, 0.3) is 0 Å². The molecule has 26 heavy (non-hydrogen) atoms. The first-order valence-electron chi connectivity index (χ1n) is 8.46. The number of carbonyl (C=O) groups excluding carboxylic acids is 1. The molecule has 0 amide bonds. The summed E-state index contributed by atoms with van der Waals surface area (Å²) in [7, 11) is 1.41. The van der Waals surface area contributed by atoms with Gasteiger partial charge in [-0.15, -0.1) is 0 Å². The molecule has 0 bridgehead atoms. The number of nitrogens with one attached hydrogen (secondary N) is 2. The number of ether oxygens (including phenoxy) is 1. The fraction of sp³-hybridized carbons (Fsp3) is 0.0455. The SMILES string of the molecule is COC(=O)/C1=C/c2c([nH]c3ccccc23)/C=C\c2c1[nH]c1ccccc21. The van der Waals surface area contributed by atoms with Crippen LogP contribution in [0.25, 0.3) is 45.6 Å². The highest BCUT2D eigenvalue weighted by molar-refractivity contribution is 6.25. The molecule has 1 aliphatic carbocycles. The molecule has 0 atom stereocenters. The predicted molar refractivity (Wildman–Crippen MR) is 105 cm³/mol. The van der Waals surface area contributed by atoms with Crippen LogP contribution in [0.1, 0.15) is 22.5 Å². The van der Waals surface area contributed by atoms with Gasteiger partial charge in [0.15, 0.2) is 0 Å². The first-order valence-corrected chi connectivity index (χ1v) is 8.46. The van der Waals surface area contributed by atoms with E-state index in [0.717, 1.165) is 44.3 Å². The van der Waals surface area contributed by atoms with Crippen molar-refractivity contribution >= 4 is 51.6 Å². The maximum Gasteiger partial charge on any atom is 0.340 e. The van der Waals surface area contributed by atoms with E-state index in [4.69, 9.17) is 4.74 Å². The molecule has 5 rings (SSSR count). The summed E-state index contributed by atoms with van der Waals surface area (Å²) in [5.41, 5.74) is 6.29. The molecule has 4 nitrogen and oxygen atoms in total. The molecular formula is C22H16N2O2. The van der Waals surface area contributed by atoms with Crippen molar-refractivity contribution in [3.8, 4) is 0 Å². The van der Waals surface area contributed by atoms with Crippen LogP contribution in [0.5, 0.6) is 0 Å². The molecule has 0 fully saturated rings. The zero-order chi connectivity index (χ0) is 17.7. The minimum atomic E-state index is -0.357. The van der Waals surface area contributed by atoms with E-state index in [1.54, 1.807) is 0 Å². The molecule has 0 aliphatic heterocycles. The molecular weight excluding hydrogens is 324 g/mol. The Morgan fingerprint density at radius 2 is 1.50 bits per heavy atom. The van der Waals surface area contributed by atoms with Gasteiger partial charge in [-0.05, 0) is 24.3 Å². The van der Waals surface area contributed by atoms with E-state index in [-0.39, 0.29) is 5.97 Å². The van der Waals surface area contributed by atoms with Crippen LogP contribution in [0.3, 0.4) is 0 Å². The number of aromatic amines is 2.